The molecule has 0 saturated carbocycles. The molecule has 0 spiro atoms. The summed E-state index contributed by atoms with van der Waals surface area (Å²) in [4.78, 5) is 3.05. The van der Waals surface area contributed by atoms with E-state index in [9.17, 15) is 13.2 Å². The standard InChI is InChI=1S/C7H7F3N2/c1-4-2-3-5(7(8,9)10)12-6(4)11/h2-3H,1H3,(H2,11,12)/i2D,3D. The number of pyridine rings is 1. The Morgan fingerprint density at radius 2 is 2.08 bits per heavy atom. The third kappa shape index (κ3) is 1.66. The topological polar surface area (TPSA) is 38.9 Å². The number of anilines is 1. The highest BCUT2D eigenvalue weighted by Gasteiger charge is 2.32. The summed E-state index contributed by atoms with van der Waals surface area (Å²) >= 11 is 0. The van der Waals surface area contributed by atoms with Crippen LogP contribution >= 0.6 is 0 Å². The van der Waals surface area contributed by atoms with Crippen molar-refractivity contribution in [3.05, 3.63) is 23.3 Å². The second-order valence-corrected chi connectivity index (χ2v) is 2.22. The Hall–Kier alpha value is -1.26. The maximum Gasteiger partial charge on any atom is 0.433 e. The summed E-state index contributed by atoms with van der Waals surface area (Å²) in [5, 5.41) is 0. The third-order valence-electron chi connectivity index (χ3n) is 1.25. The second kappa shape index (κ2) is 2.66. The minimum Gasteiger partial charge on any atom is -0.383 e. The van der Waals surface area contributed by atoms with Gasteiger partial charge < -0.3 is 5.73 Å². The Kier molecular flexibility index (Phi) is 1.39. The lowest BCUT2D eigenvalue weighted by molar-refractivity contribution is -0.141. The average Bonchev–Trinajstić information content (AvgIpc) is 2.06. The number of nitrogens with two attached hydrogens (primary N) is 1. The normalized spacial score (nSPS) is 14.0. The van der Waals surface area contributed by atoms with Crippen molar-refractivity contribution in [3.63, 3.8) is 0 Å². The zero-order valence-corrected chi connectivity index (χ0v) is 6.16. The van der Waals surface area contributed by atoms with Crippen molar-refractivity contribution in [1.29, 1.82) is 0 Å². The predicted octanol–water partition coefficient (Wildman–Crippen LogP) is 1.99. The van der Waals surface area contributed by atoms with Gasteiger partial charge in [-0.3, -0.25) is 0 Å². The van der Waals surface area contributed by atoms with Gasteiger partial charge in [-0.15, -0.1) is 0 Å². The van der Waals surface area contributed by atoms with Crippen LogP contribution in [0.4, 0.5) is 19.0 Å². The second-order valence-electron chi connectivity index (χ2n) is 2.22. The Morgan fingerprint density at radius 1 is 1.50 bits per heavy atom. The van der Waals surface area contributed by atoms with Crippen LogP contribution in [-0.2, 0) is 6.18 Å². The Labute approximate surface area is 70.0 Å². The number of nitrogens with zero attached hydrogens (tertiary/aromatic N) is 1. The summed E-state index contributed by atoms with van der Waals surface area (Å²) in [6.07, 6.45) is -4.74. The zero-order chi connectivity index (χ0) is 11.1. The molecule has 1 aromatic rings. The van der Waals surface area contributed by atoms with Crippen LogP contribution in [0.1, 0.15) is 14.0 Å². The molecule has 0 aliphatic carbocycles. The summed E-state index contributed by atoms with van der Waals surface area (Å²) in [6, 6.07) is -1.48. The fourth-order valence-electron chi connectivity index (χ4n) is 0.583. The lowest BCUT2D eigenvalue weighted by Crippen LogP contribution is -2.09. The first-order valence-corrected chi connectivity index (χ1v) is 3.05. The Bertz CT molecular complexity index is 376. The van der Waals surface area contributed by atoms with Crippen LogP contribution in [0.25, 0.3) is 0 Å². The van der Waals surface area contributed by atoms with E-state index in [4.69, 9.17) is 8.48 Å². The van der Waals surface area contributed by atoms with E-state index in [2.05, 4.69) is 4.98 Å². The van der Waals surface area contributed by atoms with Gasteiger partial charge in [-0.25, -0.2) is 4.98 Å². The molecule has 5 heteroatoms. The van der Waals surface area contributed by atoms with Gasteiger partial charge in [0.15, 0.2) is 0 Å². The Morgan fingerprint density at radius 3 is 2.58 bits per heavy atom. The van der Waals surface area contributed by atoms with Gasteiger partial charge in [0.2, 0.25) is 0 Å². The molecule has 0 saturated heterocycles. The van der Waals surface area contributed by atoms with Crippen LogP contribution in [0.15, 0.2) is 12.1 Å². The maximum absolute atomic E-state index is 12.2. The van der Waals surface area contributed by atoms with Crippen molar-refractivity contribution >= 4 is 5.82 Å². The van der Waals surface area contributed by atoms with Crippen LogP contribution < -0.4 is 5.73 Å². The smallest absolute Gasteiger partial charge is 0.383 e. The zero-order valence-electron chi connectivity index (χ0n) is 8.16. The molecule has 2 N–H and O–H groups in total. The molecule has 1 rings (SSSR count). The molecule has 66 valence electrons. The molecule has 0 unspecified atom stereocenters. The summed E-state index contributed by atoms with van der Waals surface area (Å²) in [7, 11) is 0. The highest BCUT2D eigenvalue weighted by Crippen LogP contribution is 2.28. The Balaban J connectivity index is 3.49. The van der Waals surface area contributed by atoms with Crippen molar-refractivity contribution in [2.24, 2.45) is 0 Å². The van der Waals surface area contributed by atoms with Crippen LogP contribution in [0, 0.1) is 6.92 Å². The van der Waals surface area contributed by atoms with E-state index in [0.29, 0.717) is 0 Å². The van der Waals surface area contributed by atoms with Crippen molar-refractivity contribution in [2.45, 2.75) is 13.1 Å². The largest absolute Gasteiger partial charge is 0.433 e. The summed E-state index contributed by atoms with van der Waals surface area (Å²) in [5.74, 6) is -0.363. The fraction of sp³-hybridized carbons (Fsp3) is 0.286. The summed E-state index contributed by atoms with van der Waals surface area (Å²) in [6.45, 7) is 1.35. The predicted molar refractivity (Wildman–Crippen MR) is 38.4 cm³/mol. The molecule has 0 radical (unpaired) electrons. The molecular weight excluding hydrogens is 169 g/mol. The summed E-state index contributed by atoms with van der Waals surface area (Å²) in [5.41, 5.74) is 3.85. The molecule has 12 heavy (non-hydrogen) atoms. The molecule has 1 heterocycles. The first-order chi connectivity index (χ1) is 6.25. The molecule has 0 atom stereocenters. The molecule has 0 aliphatic heterocycles. The van der Waals surface area contributed by atoms with E-state index in [1.807, 2.05) is 0 Å². The van der Waals surface area contributed by atoms with Crippen LogP contribution in [0.5, 0.6) is 0 Å². The molecule has 0 aliphatic rings. The number of nitrogen functional groups attached to an aromatic ring is 1. The van der Waals surface area contributed by atoms with E-state index in [1.54, 1.807) is 0 Å². The lowest BCUT2D eigenvalue weighted by Gasteiger charge is -2.06. The quantitative estimate of drug-likeness (QED) is 0.659. The van der Waals surface area contributed by atoms with Gasteiger partial charge in [0.1, 0.15) is 11.5 Å². The van der Waals surface area contributed by atoms with Gasteiger partial charge >= 0.3 is 6.18 Å². The third-order valence-corrected chi connectivity index (χ3v) is 1.25. The van der Waals surface area contributed by atoms with Gasteiger partial charge in [0, 0.05) is 0 Å². The van der Waals surface area contributed by atoms with E-state index in [0.717, 1.165) is 0 Å². The van der Waals surface area contributed by atoms with Crippen molar-refractivity contribution < 1.29 is 15.9 Å². The molecule has 0 fully saturated rings. The number of aromatic nitrogens is 1. The summed E-state index contributed by atoms with van der Waals surface area (Å²) < 4.78 is 50.9. The van der Waals surface area contributed by atoms with Crippen molar-refractivity contribution in [3.8, 4) is 0 Å². The maximum atomic E-state index is 12.2. The van der Waals surface area contributed by atoms with Crippen LogP contribution in [-0.4, -0.2) is 4.98 Å². The minimum atomic E-state index is -4.74. The highest BCUT2D eigenvalue weighted by atomic mass is 19.4. The molecular formula is C7H7F3N2. The SMILES string of the molecule is [2H]c1c(C(F)(F)F)nc(N)c(C)c1[2H]. The van der Waals surface area contributed by atoms with Gasteiger partial charge in [0.25, 0.3) is 0 Å². The number of hydrogen-bond acceptors (Lipinski definition) is 2. The van der Waals surface area contributed by atoms with E-state index in [-0.39, 0.29) is 11.4 Å². The van der Waals surface area contributed by atoms with Crippen molar-refractivity contribution in [1.82, 2.24) is 4.98 Å². The number of hydrogen-bond donors (Lipinski definition) is 1. The van der Waals surface area contributed by atoms with Gasteiger partial charge in [-0.2, -0.15) is 13.2 Å². The van der Waals surface area contributed by atoms with Crippen LogP contribution in [0.3, 0.4) is 0 Å². The average molecular weight is 178 g/mol. The molecule has 0 aromatic carbocycles. The molecule has 2 nitrogen and oxygen atoms in total. The van der Waals surface area contributed by atoms with Gasteiger partial charge in [0.05, 0.1) is 2.74 Å². The monoisotopic (exact) mass is 178 g/mol. The van der Waals surface area contributed by atoms with E-state index >= 15 is 0 Å². The molecule has 0 amide bonds. The van der Waals surface area contributed by atoms with Gasteiger partial charge in [-0.1, -0.05) is 6.04 Å². The highest BCUT2D eigenvalue weighted by molar-refractivity contribution is 5.39. The number of alkyl halides is 3. The first kappa shape index (κ1) is 6.28. The number of rotatable bonds is 0. The van der Waals surface area contributed by atoms with E-state index < -0.39 is 24.0 Å². The molecule has 0 bridgehead atoms. The van der Waals surface area contributed by atoms with Crippen molar-refractivity contribution in [2.75, 3.05) is 5.73 Å². The van der Waals surface area contributed by atoms with Crippen LogP contribution in [0.2, 0.25) is 0 Å². The molecule has 1 aromatic heterocycles. The fourth-order valence-corrected chi connectivity index (χ4v) is 0.583. The first-order valence-electron chi connectivity index (χ1n) is 4.05. The minimum absolute atomic E-state index is 0.0861. The van der Waals surface area contributed by atoms with E-state index in [1.165, 1.54) is 6.92 Å². The lowest BCUT2D eigenvalue weighted by atomic mass is 10.2. The number of halogens is 3. The van der Waals surface area contributed by atoms with Gasteiger partial charge in [-0.05, 0) is 18.5 Å².